The Bertz CT molecular complexity index is 1920. The summed E-state index contributed by atoms with van der Waals surface area (Å²) in [4.78, 5) is 27.9. The molecule has 0 spiro atoms. The van der Waals surface area contributed by atoms with E-state index in [0.29, 0.717) is 62.1 Å². The molecule has 0 radical (unpaired) electrons. The van der Waals surface area contributed by atoms with Crippen LogP contribution >= 0.6 is 11.3 Å². The number of nitrogens with zero attached hydrogens (tertiary/aromatic N) is 3. The number of nitro groups is 1. The molecule has 45 heavy (non-hydrogen) atoms. The summed E-state index contributed by atoms with van der Waals surface area (Å²) in [6.07, 6.45) is -2.26. The van der Waals surface area contributed by atoms with Crippen molar-refractivity contribution in [1.82, 2.24) is 4.90 Å². The van der Waals surface area contributed by atoms with Crippen LogP contribution in [0.4, 0.5) is 23.9 Å². The Morgan fingerprint density at radius 3 is 2.29 bits per heavy atom. The van der Waals surface area contributed by atoms with E-state index in [4.69, 9.17) is 4.18 Å². The van der Waals surface area contributed by atoms with Crippen molar-refractivity contribution < 1.29 is 30.7 Å². The predicted molar refractivity (Wildman–Crippen MR) is 166 cm³/mol. The first-order valence-corrected chi connectivity index (χ1v) is 16.8. The van der Waals surface area contributed by atoms with Gasteiger partial charge in [-0.05, 0) is 60.6 Å². The number of rotatable bonds is 7. The summed E-state index contributed by atoms with van der Waals surface area (Å²) in [6, 6.07) is 15.0. The van der Waals surface area contributed by atoms with Crippen LogP contribution in [0.2, 0.25) is 0 Å². The lowest BCUT2D eigenvalue weighted by Gasteiger charge is -2.38. The highest BCUT2D eigenvalue weighted by Gasteiger charge is 2.34. The van der Waals surface area contributed by atoms with Gasteiger partial charge >= 0.3 is 6.18 Å². The minimum atomic E-state index is -4.81. The molecule has 0 atom stereocenters. The van der Waals surface area contributed by atoms with Crippen LogP contribution < -0.4 is 10.3 Å². The first kappa shape index (κ1) is 31.4. The van der Waals surface area contributed by atoms with Gasteiger partial charge in [0.15, 0.2) is 5.43 Å². The van der Waals surface area contributed by atoms with Gasteiger partial charge in [-0.1, -0.05) is 30.3 Å². The molecule has 0 N–H and O–H groups in total. The second-order valence-corrected chi connectivity index (χ2v) is 14.2. The summed E-state index contributed by atoms with van der Waals surface area (Å²) in [6.45, 7) is 3.30. The number of fused-ring (bicyclic) bond motifs is 2. The molecule has 1 aromatic heterocycles. The van der Waals surface area contributed by atoms with E-state index in [2.05, 4.69) is 4.90 Å². The lowest BCUT2D eigenvalue weighted by Crippen LogP contribution is -2.48. The van der Waals surface area contributed by atoms with Gasteiger partial charge in [-0.25, -0.2) is 0 Å². The number of non-ortho nitro benzene ring substituents is 1. The van der Waals surface area contributed by atoms with Crippen molar-refractivity contribution in [2.45, 2.75) is 42.9 Å². The third-order valence-corrected chi connectivity index (χ3v) is 11.2. The van der Waals surface area contributed by atoms with E-state index in [1.807, 2.05) is 29.2 Å². The second-order valence-electron chi connectivity index (χ2n) is 11.6. The van der Waals surface area contributed by atoms with E-state index >= 15 is 0 Å². The van der Waals surface area contributed by atoms with E-state index in [9.17, 15) is 36.5 Å². The number of hydrogen-bond donors (Lipinski definition) is 0. The highest BCUT2D eigenvalue weighted by Crippen LogP contribution is 2.39. The molecule has 1 saturated carbocycles. The molecule has 2 fully saturated rings. The van der Waals surface area contributed by atoms with Crippen molar-refractivity contribution in [1.29, 1.82) is 0 Å². The second kappa shape index (κ2) is 12.3. The average Bonchev–Trinajstić information content (AvgIpc) is 3.01. The molecule has 0 bridgehead atoms. The minimum Gasteiger partial charge on any atom is -0.361 e. The van der Waals surface area contributed by atoms with Crippen LogP contribution in [0.25, 0.3) is 20.9 Å². The number of anilines is 1. The zero-order chi connectivity index (χ0) is 31.9. The van der Waals surface area contributed by atoms with Gasteiger partial charge in [0, 0.05) is 50.2 Å². The fourth-order valence-electron chi connectivity index (χ4n) is 6.17. The van der Waals surface area contributed by atoms with Crippen molar-refractivity contribution in [2.75, 3.05) is 37.6 Å². The van der Waals surface area contributed by atoms with E-state index in [1.165, 1.54) is 6.07 Å². The molecular weight excluding hydrogens is 631 g/mol. The highest BCUT2D eigenvalue weighted by molar-refractivity contribution is 7.86. The Kier molecular flexibility index (Phi) is 8.59. The first-order chi connectivity index (χ1) is 21.4. The molecule has 1 aliphatic heterocycles. The molecular formula is C31H30F3N3O6S2. The van der Waals surface area contributed by atoms with Crippen molar-refractivity contribution in [2.24, 2.45) is 5.92 Å². The fraction of sp³-hybridized carbons (Fsp3) is 0.387. The molecule has 3 aromatic carbocycles. The van der Waals surface area contributed by atoms with E-state index in [0.717, 1.165) is 41.5 Å². The largest absolute Gasteiger partial charge is 0.416 e. The Morgan fingerprint density at radius 1 is 0.933 bits per heavy atom. The maximum Gasteiger partial charge on any atom is 0.416 e. The summed E-state index contributed by atoms with van der Waals surface area (Å²) in [7, 11) is -3.89. The number of hydrogen-bond acceptors (Lipinski definition) is 9. The van der Waals surface area contributed by atoms with Gasteiger partial charge in [-0.3, -0.25) is 24.0 Å². The van der Waals surface area contributed by atoms with Crippen molar-refractivity contribution in [3.8, 4) is 0 Å². The molecule has 4 aromatic rings. The van der Waals surface area contributed by atoms with Crippen LogP contribution in [0.15, 0.2) is 70.4 Å². The van der Waals surface area contributed by atoms with Gasteiger partial charge in [0.05, 0.1) is 26.5 Å². The van der Waals surface area contributed by atoms with Gasteiger partial charge in [0.25, 0.3) is 15.8 Å². The minimum absolute atomic E-state index is 0.0699. The van der Waals surface area contributed by atoms with Gasteiger partial charge < -0.3 is 4.90 Å². The number of nitro benzene ring substituents is 1. The lowest BCUT2D eigenvalue weighted by molar-refractivity contribution is -0.383. The van der Waals surface area contributed by atoms with Crippen LogP contribution in [-0.2, 0) is 20.5 Å². The number of alkyl halides is 3. The Hall–Kier alpha value is -3.59. The lowest BCUT2D eigenvalue weighted by atomic mass is 9.87. The predicted octanol–water partition coefficient (Wildman–Crippen LogP) is 6.43. The molecule has 14 heteroatoms. The van der Waals surface area contributed by atoms with E-state index in [-0.39, 0.29) is 21.1 Å². The summed E-state index contributed by atoms with van der Waals surface area (Å²) in [5, 5.41) is 13.6. The fourth-order valence-corrected chi connectivity index (χ4v) is 8.53. The molecule has 1 aliphatic carbocycles. The Balaban J connectivity index is 1.04. The van der Waals surface area contributed by atoms with Gasteiger partial charge in [-0.2, -0.15) is 21.6 Å². The van der Waals surface area contributed by atoms with Crippen LogP contribution in [0, 0.1) is 16.0 Å². The SMILES string of the molecule is O=c1cc(N2CCN(CC3CCC(OS(=O)(=O)c4ccc5ccccc5c4)CC3)CC2)sc2c([N+](=O)[O-])cc(C(F)(F)F)cc12. The first-order valence-electron chi connectivity index (χ1n) is 14.6. The summed E-state index contributed by atoms with van der Waals surface area (Å²) < 4.78 is 71.4. The summed E-state index contributed by atoms with van der Waals surface area (Å²) >= 11 is 0.958. The molecule has 238 valence electrons. The zero-order valence-corrected chi connectivity index (χ0v) is 25.7. The van der Waals surface area contributed by atoms with Crippen molar-refractivity contribution in [3.05, 3.63) is 86.6 Å². The maximum atomic E-state index is 13.3. The normalized spacial score (nSPS) is 20.1. The van der Waals surface area contributed by atoms with Crippen LogP contribution in [0.1, 0.15) is 31.2 Å². The summed E-state index contributed by atoms with van der Waals surface area (Å²) in [5.41, 5.74) is -2.64. The van der Waals surface area contributed by atoms with Gasteiger partial charge in [0.1, 0.15) is 4.70 Å². The standard InChI is InChI=1S/C31H30F3N3O6S2/c32-31(33,34)23-16-26-28(38)18-29(44-30(26)27(17-23)37(39)40)36-13-11-35(12-14-36)19-20-5-8-24(9-6-20)43-45(41,42)25-10-7-21-3-1-2-4-22(21)15-25/h1-4,7,10,15-18,20,24H,5-6,8-9,11-14,19H2. The van der Waals surface area contributed by atoms with E-state index < -0.39 is 37.9 Å². The smallest absolute Gasteiger partial charge is 0.361 e. The monoisotopic (exact) mass is 661 g/mol. The highest BCUT2D eigenvalue weighted by atomic mass is 32.2. The van der Waals surface area contributed by atoms with Crippen LogP contribution in [0.5, 0.6) is 0 Å². The summed E-state index contributed by atoms with van der Waals surface area (Å²) in [5.74, 6) is 0.377. The van der Waals surface area contributed by atoms with Crippen LogP contribution in [-0.4, -0.2) is 57.1 Å². The topological polar surface area (TPSA) is 110 Å². The number of halogens is 3. The third kappa shape index (κ3) is 6.83. The molecule has 2 heterocycles. The average molecular weight is 662 g/mol. The third-order valence-electron chi connectivity index (χ3n) is 8.59. The van der Waals surface area contributed by atoms with Gasteiger partial charge in [-0.15, -0.1) is 11.3 Å². The Labute approximate surface area is 261 Å². The zero-order valence-electron chi connectivity index (χ0n) is 24.0. The molecule has 0 unspecified atom stereocenters. The number of benzene rings is 3. The maximum absolute atomic E-state index is 13.3. The van der Waals surface area contributed by atoms with Crippen molar-refractivity contribution >= 4 is 53.0 Å². The Morgan fingerprint density at radius 2 is 1.62 bits per heavy atom. The molecule has 1 saturated heterocycles. The molecule has 2 aliphatic rings. The number of piperazine rings is 1. The van der Waals surface area contributed by atoms with Crippen LogP contribution in [0.3, 0.4) is 0 Å². The van der Waals surface area contributed by atoms with E-state index in [1.54, 1.807) is 18.2 Å². The molecule has 6 rings (SSSR count). The quantitative estimate of drug-likeness (QED) is 0.127. The van der Waals surface area contributed by atoms with Crippen molar-refractivity contribution in [3.63, 3.8) is 0 Å². The van der Waals surface area contributed by atoms with Gasteiger partial charge in [0.2, 0.25) is 0 Å². The molecule has 0 amide bonds. The molecule has 9 nitrogen and oxygen atoms in total.